The van der Waals surface area contributed by atoms with Gasteiger partial charge in [-0.1, -0.05) is 11.8 Å². The first-order valence-corrected chi connectivity index (χ1v) is 4.76. The Hall–Kier alpha value is -0.910. The molecule has 0 bridgehead atoms. The van der Waals surface area contributed by atoms with Gasteiger partial charge in [-0.15, -0.1) is 9.83 Å². The molecule has 0 fully saturated rings. The average Bonchev–Trinajstić information content (AvgIpc) is 2.33. The standard InChI is InChI=1S/C6H11N3O2S/c1-4-11-9-5(12-3)7-8(2)6(9)10/h4H2,1-3H3. The van der Waals surface area contributed by atoms with Gasteiger partial charge in [0, 0.05) is 7.05 Å². The Labute approximate surface area is 74.3 Å². The highest BCUT2D eigenvalue weighted by atomic mass is 32.2. The van der Waals surface area contributed by atoms with Crippen LogP contribution in [0.4, 0.5) is 0 Å². The largest absolute Gasteiger partial charge is 0.407 e. The van der Waals surface area contributed by atoms with E-state index in [1.165, 1.54) is 21.2 Å². The van der Waals surface area contributed by atoms with Gasteiger partial charge in [0.15, 0.2) is 0 Å². The van der Waals surface area contributed by atoms with E-state index >= 15 is 0 Å². The van der Waals surface area contributed by atoms with Crippen LogP contribution in [0.25, 0.3) is 0 Å². The van der Waals surface area contributed by atoms with Crippen molar-refractivity contribution in [2.75, 3.05) is 12.9 Å². The zero-order chi connectivity index (χ0) is 9.14. The molecule has 0 aliphatic carbocycles. The fourth-order valence-corrected chi connectivity index (χ4v) is 1.29. The highest BCUT2D eigenvalue weighted by Crippen LogP contribution is 2.06. The van der Waals surface area contributed by atoms with E-state index in [1.54, 1.807) is 7.05 Å². The molecular weight excluding hydrogens is 178 g/mol. The maximum absolute atomic E-state index is 11.3. The molecule has 1 heterocycles. The van der Waals surface area contributed by atoms with E-state index in [2.05, 4.69) is 5.10 Å². The molecule has 1 aromatic heterocycles. The van der Waals surface area contributed by atoms with Crippen LogP contribution in [0.5, 0.6) is 0 Å². The summed E-state index contributed by atoms with van der Waals surface area (Å²) in [5.74, 6) is 0. The second kappa shape index (κ2) is 3.66. The van der Waals surface area contributed by atoms with Crippen molar-refractivity contribution in [1.82, 2.24) is 14.5 Å². The summed E-state index contributed by atoms with van der Waals surface area (Å²) in [6.45, 7) is 2.28. The third-order valence-electron chi connectivity index (χ3n) is 1.30. The van der Waals surface area contributed by atoms with Gasteiger partial charge in [0.05, 0.1) is 0 Å². The van der Waals surface area contributed by atoms with Crippen molar-refractivity contribution >= 4 is 11.8 Å². The number of aryl methyl sites for hydroxylation is 1. The van der Waals surface area contributed by atoms with Crippen LogP contribution in [0.3, 0.4) is 0 Å². The van der Waals surface area contributed by atoms with Crippen LogP contribution in [0.15, 0.2) is 9.95 Å². The maximum atomic E-state index is 11.3. The molecule has 0 saturated carbocycles. The predicted molar refractivity (Wildman–Crippen MR) is 46.4 cm³/mol. The molecule has 0 saturated heterocycles. The van der Waals surface area contributed by atoms with Crippen LogP contribution in [0.1, 0.15) is 6.92 Å². The van der Waals surface area contributed by atoms with E-state index in [0.29, 0.717) is 11.8 Å². The van der Waals surface area contributed by atoms with Gasteiger partial charge in [0.25, 0.3) is 0 Å². The Kier molecular flexibility index (Phi) is 2.80. The predicted octanol–water partition coefficient (Wildman–Crippen LogP) is -0.248. The molecule has 0 unspecified atom stereocenters. The molecule has 0 atom stereocenters. The van der Waals surface area contributed by atoms with Gasteiger partial charge in [0.2, 0.25) is 5.16 Å². The van der Waals surface area contributed by atoms with Crippen LogP contribution in [0, 0.1) is 0 Å². The van der Waals surface area contributed by atoms with Gasteiger partial charge in [-0.2, -0.15) is 0 Å². The second-order valence-electron chi connectivity index (χ2n) is 2.11. The molecule has 12 heavy (non-hydrogen) atoms. The van der Waals surface area contributed by atoms with Gasteiger partial charge < -0.3 is 4.84 Å². The Morgan fingerprint density at radius 1 is 1.67 bits per heavy atom. The smallest absolute Gasteiger partial charge is 0.379 e. The van der Waals surface area contributed by atoms with Crippen molar-refractivity contribution in [3.05, 3.63) is 10.5 Å². The summed E-state index contributed by atoms with van der Waals surface area (Å²) in [6.07, 6.45) is 1.84. The van der Waals surface area contributed by atoms with Crippen molar-refractivity contribution in [3.8, 4) is 0 Å². The lowest BCUT2D eigenvalue weighted by atomic mass is 10.9. The SMILES string of the molecule is CCOn1c(SC)nn(C)c1=O. The number of hydrogen-bond acceptors (Lipinski definition) is 4. The molecule has 0 aromatic carbocycles. The first-order chi connectivity index (χ1) is 5.70. The zero-order valence-corrected chi connectivity index (χ0v) is 8.09. The van der Waals surface area contributed by atoms with Crippen molar-refractivity contribution in [3.63, 3.8) is 0 Å². The molecule has 0 amide bonds. The second-order valence-corrected chi connectivity index (χ2v) is 2.88. The lowest BCUT2D eigenvalue weighted by Crippen LogP contribution is -2.28. The van der Waals surface area contributed by atoms with E-state index in [1.807, 2.05) is 13.2 Å². The summed E-state index contributed by atoms with van der Waals surface area (Å²) in [6, 6.07) is 0. The summed E-state index contributed by atoms with van der Waals surface area (Å²) in [5, 5.41) is 4.53. The van der Waals surface area contributed by atoms with Gasteiger partial charge in [-0.25, -0.2) is 9.48 Å². The zero-order valence-electron chi connectivity index (χ0n) is 7.27. The topological polar surface area (TPSA) is 49.0 Å². The minimum absolute atomic E-state index is 0.249. The summed E-state index contributed by atoms with van der Waals surface area (Å²) >= 11 is 1.38. The molecule has 0 spiro atoms. The normalized spacial score (nSPS) is 10.2. The summed E-state index contributed by atoms with van der Waals surface area (Å²) < 4.78 is 2.45. The van der Waals surface area contributed by atoms with Crippen LogP contribution in [-0.2, 0) is 7.05 Å². The Morgan fingerprint density at radius 3 is 2.83 bits per heavy atom. The van der Waals surface area contributed by atoms with Crippen molar-refractivity contribution in [1.29, 1.82) is 0 Å². The first-order valence-electron chi connectivity index (χ1n) is 3.54. The molecule has 0 radical (unpaired) electrons. The van der Waals surface area contributed by atoms with Crippen LogP contribution in [0.2, 0.25) is 0 Å². The third-order valence-corrected chi connectivity index (χ3v) is 1.91. The monoisotopic (exact) mass is 189 g/mol. The molecule has 5 nitrogen and oxygen atoms in total. The highest BCUT2D eigenvalue weighted by Gasteiger charge is 2.09. The molecule has 68 valence electrons. The maximum Gasteiger partial charge on any atom is 0.379 e. The summed E-state index contributed by atoms with van der Waals surface area (Å²) in [7, 11) is 1.59. The number of hydrogen-bond donors (Lipinski definition) is 0. The highest BCUT2D eigenvalue weighted by molar-refractivity contribution is 7.98. The van der Waals surface area contributed by atoms with E-state index in [0.717, 1.165) is 0 Å². The molecular formula is C6H11N3O2S. The van der Waals surface area contributed by atoms with E-state index in [4.69, 9.17) is 4.84 Å². The Morgan fingerprint density at radius 2 is 2.33 bits per heavy atom. The fourth-order valence-electron chi connectivity index (χ4n) is 0.788. The molecule has 1 rings (SSSR count). The van der Waals surface area contributed by atoms with Crippen LogP contribution < -0.4 is 10.5 Å². The van der Waals surface area contributed by atoms with Crippen LogP contribution >= 0.6 is 11.8 Å². The number of nitrogens with zero attached hydrogens (tertiary/aromatic N) is 3. The van der Waals surface area contributed by atoms with Gasteiger partial charge in [-0.3, -0.25) is 0 Å². The number of thioether (sulfide) groups is 1. The molecule has 0 N–H and O–H groups in total. The molecule has 0 aliphatic rings. The van der Waals surface area contributed by atoms with E-state index in [-0.39, 0.29) is 5.69 Å². The lowest BCUT2D eigenvalue weighted by Gasteiger charge is -2.01. The number of aromatic nitrogens is 3. The van der Waals surface area contributed by atoms with Gasteiger partial charge in [0.1, 0.15) is 6.61 Å². The van der Waals surface area contributed by atoms with E-state index in [9.17, 15) is 4.79 Å². The number of rotatable bonds is 3. The quantitative estimate of drug-likeness (QED) is 0.615. The fraction of sp³-hybridized carbons (Fsp3) is 0.667. The van der Waals surface area contributed by atoms with Gasteiger partial charge >= 0.3 is 5.69 Å². The third kappa shape index (κ3) is 1.47. The summed E-state index contributed by atoms with van der Waals surface area (Å²) in [5.41, 5.74) is -0.249. The van der Waals surface area contributed by atoms with Crippen molar-refractivity contribution < 1.29 is 4.84 Å². The van der Waals surface area contributed by atoms with Gasteiger partial charge in [-0.05, 0) is 13.2 Å². The van der Waals surface area contributed by atoms with Crippen LogP contribution in [-0.4, -0.2) is 27.4 Å². The van der Waals surface area contributed by atoms with Crippen molar-refractivity contribution in [2.24, 2.45) is 7.05 Å². The molecule has 1 aromatic rings. The lowest BCUT2D eigenvalue weighted by molar-refractivity contribution is 0.0934. The average molecular weight is 189 g/mol. The molecule has 6 heteroatoms. The van der Waals surface area contributed by atoms with E-state index < -0.39 is 0 Å². The minimum atomic E-state index is -0.249. The van der Waals surface area contributed by atoms with Crippen molar-refractivity contribution in [2.45, 2.75) is 12.1 Å². The Bertz CT molecular complexity index is 317. The first kappa shape index (κ1) is 9.18. The summed E-state index contributed by atoms with van der Waals surface area (Å²) in [4.78, 5) is 16.3. The Balaban J connectivity index is 3.12. The minimum Gasteiger partial charge on any atom is -0.407 e. The molecule has 0 aliphatic heterocycles.